The van der Waals surface area contributed by atoms with Gasteiger partial charge in [-0.05, 0) is 56.4 Å². The van der Waals surface area contributed by atoms with Crippen LogP contribution in [-0.4, -0.2) is 55.2 Å². The topological polar surface area (TPSA) is 67.9 Å². The molecule has 3 fully saturated rings. The van der Waals surface area contributed by atoms with E-state index < -0.39 is 0 Å². The Labute approximate surface area is 166 Å². The van der Waals surface area contributed by atoms with E-state index in [1.807, 2.05) is 17.0 Å². The zero-order chi connectivity index (χ0) is 19.3. The standard InChI is InChI=1S/C22H30N2O4/c25-21(23-15-20-3-1-2-14-27-20)16-6-8-18(9-7-16)28-19-10-12-24(13-11-19)22(26)17-4-5-17/h6-9,17,19-20H,1-5,10-15H2,(H,23,25)/t20-/m0/s1. The van der Waals surface area contributed by atoms with Crippen molar-refractivity contribution in [3.63, 3.8) is 0 Å². The van der Waals surface area contributed by atoms with Gasteiger partial charge in [-0.15, -0.1) is 0 Å². The van der Waals surface area contributed by atoms with E-state index in [0.29, 0.717) is 23.9 Å². The first-order chi connectivity index (χ1) is 13.7. The van der Waals surface area contributed by atoms with Gasteiger partial charge < -0.3 is 19.7 Å². The molecule has 1 saturated carbocycles. The minimum absolute atomic E-state index is 0.0763. The number of piperidine rings is 1. The minimum Gasteiger partial charge on any atom is -0.490 e. The smallest absolute Gasteiger partial charge is 0.251 e. The van der Waals surface area contributed by atoms with E-state index in [1.165, 1.54) is 6.42 Å². The average Bonchev–Trinajstić information content (AvgIpc) is 3.59. The number of nitrogens with zero attached hydrogens (tertiary/aromatic N) is 1. The fourth-order valence-corrected chi connectivity index (χ4v) is 3.94. The lowest BCUT2D eigenvalue weighted by atomic mass is 10.1. The lowest BCUT2D eigenvalue weighted by Crippen LogP contribution is -2.42. The van der Waals surface area contributed by atoms with Crippen molar-refractivity contribution in [2.45, 2.75) is 57.2 Å². The molecular formula is C22H30N2O4. The van der Waals surface area contributed by atoms with Crippen LogP contribution in [0.5, 0.6) is 5.75 Å². The fraction of sp³-hybridized carbons (Fsp3) is 0.636. The molecule has 1 aromatic rings. The molecule has 1 N–H and O–H groups in total. The third-order valence-electron chi connectivity index (χ3n) is 5.86. The van der Waals surface area contributed by atoms with Crippen molar-refractivity contribution >= 4 is 11.8 Å². The second kappa shape index (κ2) is 8.95. The molecule has 0 radical (unpaired) electrons. The predicted octanol–water partition coefficient (Wildman–Crippen LogP) is 2.77. The molecule has 4 rings (SSSR count). The van der Waals surface area contributed by atoms with Crippen LogP contribution < -0.4 is 10.1 Å². The van der Waals surface area contributed by atoms with Gasteiger partial charge in [-0.25, -0.2) is 0 Å². The first kappa shape index (κ1) is 19.2. The highest BCUT2D eigenvalue weighted by atomic mass is 16.5. The molecule has 1 atom stereocenters. The van der Waals surface area contributed by atoms with Crippen LogP contribution in [0.4, 0.5) is 0 Å². The monoisotopic (exact) mass is 386 g/mol. The zero-order valence-electron chi connectivity index (χ0n) is 16.4. The second-order valence-corrected chi connectivity index (χ2v) is 8.14. The maximum absolute atomic E-state index is 12.3. The van der Waals surface area contributed by atoms with Gasteiger partial charge in [-0.1, -0.05) is 0 Å². The molecule has 6 nitrogen and oxygen atoms in total. The van der Waals surface area contributed by atoms with Gasteiger partial charge in [0.2, 0.25) is 5.91 Å². The maximum atomic E-state index is 12.3. The molecule has 3 aliphatic rings. The Bertz CT molecular complexity index is 672. The summed E-state index contributed by atoms with van der Waals surface area (Å²) >= 11 is 0. The van der Waals surface area contributed by atoms with Crippen LogP contribution in [0, 0.1) is 5.92 Å². The van der Waals surface area contributed by atoms with Crippen molar-refractivity contribution in [2.24, 2.45) is 5.92 Å². The van der Waals surface area contributed by atoms with Crippen molar-refractivity contribution in [3.8, 4) is 5.75 Å². The number of carbonyl (C=O) groups excluding carboxylic acids is 2. The Balaban J connectivity index is 1.21. The van der Waals surface area contributed by atoms with Crippen molar-refractivity contribution < 1.29 is 19.1 Å². The molecule has 2 amide bonds. The molecule has 2 heterocycles. The number of ether oxygens (including phenoxy) is 2. The molecule has 1 aromatic carbocycles. The molecule has 2 saturated heterocycles. The van der Waals surface area contributed by atoms with Crippen LogP contribution in [0.3, 0.4) is 0 Å². The van der Waals surface area contributed by atoms with Gasteiger partial charge in [0.15, 0.2) is 0 Å². The van der Waals surface area contributed by atoms with Crippen LogP contribution in [0.2, 0.25) is 0 Å². The van der Waals surface area contributed by atoms with Crippen molar-refractivity contribution in [2.75, 3.05) is 26.2 Å². The first-order valence-corrected chi connectivity index (χ1v) is 10.6. The summed E-state index contributed by atoms with van der Waals surface area (Å²) in [6, 6.07) is 7.32. The molecule has 0 aromatic heterocycles. The Morgan fingerprint density at radius 2 is 1.79 bits per heavy atom. The third kappa shape index (κ3) is 5.04. The van der Waals surface area contributed by atoms with Crippen LogP contribution >= 0.6 is 0 Å². The number of hydrogen-bond acceptors (Lipinski definition) is 4. The van der Waals surface area contributed by atoms with Crippen molar-refractivity contribution in [1.82, 2.24) is 10.2 Å². The van der Waals surface area contributed by atoms with E-state index in [4.69, 9.17) is 9.47 Å². The second-order valence-electron chi connectivity index (χ2n) is 8.14. The highest BCUT2D eigenvalue weighted by Gasteiger charge is 2.35. The Hall–Kier alpha value is -2.08. The average molecular weight is 386 g/mol. The zero-order valence-corrected chi connectivity index (χ0v) is 16.4. The van der Waals surface area contributed by atoms with Crippen LogP contribution in [-0.2, 0) is 9.53 Å². The lowest BCUT2D eigenvalue weighted by Gasteiger charge is -2.32. The van der Waals surface area contributed by atoms with Gasteiger partial charge in [-0.3, -0.25) is 9.59 Å². The van der Waals surface area contributed by atoms with Crippen molar-refractivity contribution in [3.05, 3.63) is 29.8 Å². The van der Waals surface area contributed by atoms with Crippen LogP contribution in [0.1, 0.15) is 55.3 Å². The van der Waals surface area contributed by atoms with Gasteiger partial charge in [0.25, 0.3) is 5.91 Å². The summed E-state index contributed by atoms with van der Waals surface area (Å²) in [5, 5.41) is 2.96. The Kier molecular flexibility index (Phi) is 6.15. The van der Waals surface area contributed by atoms with E-state index in [1.54, 1.807) is 12.1 Å². The number of likely N-dealkylation sites (tertiary alicyclic amines) is 1. The van der Waals surface area contributed by atoms with E-state index >= 15 is 0 Å². The first-order valence-electron chi connectivity index (χ1n) is 10.6. The van der Waals surface area contributed by atoms with E-state index in [2.05, 4.69) is 5.32 Å². The number of rotatable bonds is 6. The highest BCUT2D eigenvalue weighted by molar-refractivity contribution is 5.94. The lowest BCUT2D eigenvalue weighted by molar-refractivity contribution is -0.134. The third-order valence-corrected chi connectivity index (χ3v) is 5.86. The molecule has 6 heteroatoms. The van der Waals surface area contributed by atoms with Crippen LogP contribution in [0.25, 0.3) is 0 Å². The number of nitrogens with one attached hydrogen (secondary N) is 1. The molecule has 0 unspecified atom stereocenters. The summed E-state index contributed by atoms with van der Waals surface area (Å²) < 4.78 is 11.7. The normalized spacial score (nSPS) is 23.3. The molecule has 152 valence electrons. The van der Waals surface area contributed by atoms with Gasteiger partial charge in [0.05, 0.1) is 6.10 Å². The summed E-state index contributed by atoms with van der Waals surface area (Å²) in [6.07, 6.45) is 7.40. The fourth-order valence-electron chi connectivity index (χ4n) is 3.94. The molecule has 28 heavy (non-hydrogen) atoms. The molecule has 2 aliphatic heterocycles. The molecule has 0 bridgehead atoms. The summed E-state index contributed by atoms with van der Waals surface area (Å²) in [6.45, 7) is 2.92. The summed E-state index contributed by atoms with van der Waals surface area (Å²) in [5.41, 5.74) is 0.632. The molecule has 1 aliphatic carbocycles. The quantitative estimate of drug-likeness (QED) is 0.816. The SMILES string of the molecule is O=C(NC[C@@H]1CCCCO1)c1ccc(OC2CCN(C(=O)C3CC3)CC2)cc1. The van der Waals surface area contributed by atoms with Gasteiger partial charge in [0, 0.05) is 50.6 Å². The van der Waals surface area contributed by atoms with E-state index in [-0.39, 0.29) is 18.1 Å². The van der Waals surface area contributed by atoms with Gasteiger partial charge in [0.1, 0.15) is 11.9 Å². The number of carbonyl (C=O) groups is 2. The largest absolute Gasteiger partial charge is 0.490 e. The molecule has 0 spiro atoms. The summed E-state index contributed by atoms with van der Waals surface area (Å²) in [5.74, 6) is 1.32. The maximum Gasteiger partial charge on any atom is 0.251 e. The summed E-state index contributed by atoms with van der Waals surface area (Å²) in [7, 11) is 0. The number of amides is 2. The Morgan fingerprint density at radius 1 is 1.04 bits per heavy atom. The van der Waals surface area contributed by atoms with Crippen LogP contribution in [0.15, 0.2) is 24.3 Å². The number of benzene rings is 1. The predicted molar refractivity (Wildman–Crippen MR) is 105 cm³/mol. The highest BCUT2D eigenvalue weighted by Crippen LogP contribution is 2.32. The summed E-state index contributed by atoms with van der Waals surface area (Å²) in [4.78, 5) is 26.4. The van der Waals surface area contributed by atoms with E-state index in [9.17, 15) is 9.59 Å². The Morgan fingerprint density at radius 3 is 2.43 bits per heavy atom. The van der Waals surface area contributed by atoms with Crippen molar-refractivity contribution in [1.29, 1.82) is 0 Å². The van der Waals surface area contributed by atoms with E-state index in [0.717, 1.165) is 64.0 Å². The minimum atomic E-state index is -0.0763. The van der Waals surface area contributed by atoms with Gasteiger partial charge >= 0.3 is 0 Å². The number of hydrogen-bond donors (Lipinski definition) is 1. The molecular weight excluding hydrogens is 356 g/mol. The van der Waals surface area contributed by atoms with Gasteiger partial charge in [-0.2, -0.15) is 0 Å².